The Kier molecular flexibility index (Phi) is 4.44. The van der Waals surface area contributed by atoms with Gasteiger partial charge in [-0.1, -0.05) is 0 Å². The van der Waals surface area contributed by atoms with Crippen LogP contribution in [-0.4, -0.2) is 62.4 Å². The van der Waals surface area contributed by atoms with Crippen molar-refractivity contribution >= 4 is 29.4 Å². The fraction of sp³-hybridized carbons (Fsp3) is 0.471. The molecule has 3 aliphatic heterocycles. The number of urea groups is 1. The molecule has 3 aliphatic rings. The van der Waals surface area contributed by atoms with Crippen LogP contribution in [0.3, 0.4) is 0 Å². The van der Waals surface area contributed by atoms with Crippen LogP contribution in [0.1, 0.15) is 6.92 Å². The van der Waals surface area contributed by atoms with E-state index in [9.17, 15) is 23.2 Å². The van der Waals surface area contributed by atoms with Gasteiger partial charge in [-0.15, -0.1) is 0 Å². The number of carbonyl (C=O) groups excluding carboxylic acids is 3. The number of nitrogens with zero attached hydrogens (tertiary/aromatic N) is 2. The molecule has 0 aromatic heterocycles. The molecular formula is C17H19F2N5O4. The van der Waals surface area contributed by atoms with Crippen molar-refractivity contribution in [1.82, 2.24) is 16.0 Å². The minimum Gasteiger partial charge on any atom is -0.442 e. The molecule has 28 heavy (non-hydrogen) atoms. The number of fused-ring (bicyclic) bond motifs is 1. The van der Waals surface area contributed by atoms with Crippen molar-refractivity contribution < 1.29 is 27.9 Å². The minimum atomic E-state index is -0.806. The lowest BCUT2D eigenvalue weighted by molar-refractivity contribution is -0.119. The summed E-state index contributed by atoms with van der Waals surface area (Å²) < 4.78 is 34.6. The van der Waals surface area contributed by atoms with Crippen LogP contribution >= 0.6 is 0 Å². The van der Waals surface area contributed by atoms with Crippen LogP contribution < -0.4 is 25.8 Å². The predicted molar refractivity (Wildman–Crippen MR) is 94.1 cm³/mol. The Hall–Kier alpha value is -3.11. The summed E-state index contributed by atoms with van der Waals surface area (Å²) >= 11 is 0. The highest BCUT2D eigenvalue weighted by Crippen LogP contribution is 2.33. The molecule has 0 bridgehead atoms. The third-order valence-corrected chi connectivity index (χ3v) is 5.04. The molecule has 3 fully saturated rings. The Morgan fingerprint density at radius 3 is 2.36 bits per heavy atom. The maximum absolute atomic E-state index is 14.7. The number of halogens is 2. The van der Waals surface area contributed by atoms with E-state index in [-0.39, 0.29) is 61.6 Å². The van der Waals surface area contributed by atoms with Gasteiger partial charge in [0.2, 0.25) is 5.91 Å². The fourth-order valence-corrected chi connectivity index (χ4v) is 3.76. The monoisotopic (exact) mass is 395 g/mol. The maximum atomic E-state index is 14.7. The number of carbonyl (C=O) groups is 3. The summed E-state index contributed by atoms with van der Waals surface area (Å²) in [4.78, 5) is 37.0. The first kappa shape index (κ1) is 18.3. The molecule has 1 aromatic rings. The average molecular weight is 395 g/mol. The summed E-state index contributed by atoms with van der Waals surface area (Å²) in [5.74, 6) is -1.88. The quantitative estimate of drug-likeness (QED) is 0.680. The molecule has 0 spiro atoms. The summed E-state index contributed by atoms with van der Waals surface area (Å²) in [6.07, 6.45) is -1.33. The number of rotatable bonds is 4. The van der Waals surface area contributed by atoms with Gasteiger partial charge in [-0.25, -0.2) is 18.4 Å². The zero-order valence-electron chi connectivity index (χ0n) is 15.0. The summed E-state index contributed by atoms with van der Waals surface area (Å²) in [6.45, 7) is 2.09. The second-order valence-corrected chi connectivity index (χ2v) is 7.05. The number of hydrogen-bond acceptors (Lipinski definition) is 5. The van der Waals surface area contributed by atoms with Gasteiger partial charge < -0.3 is 25.6 Å². The lowest BCUT2D eigenvalue weighted by Crippen LogP contribution is -2.35. The molecule has 2 unspecified atom stereocenters. The lowest BCUT2D eigenvalue weighted by atomic mass is 10.2. The Labute approximate surface area is 159 Å². The molecule has 0 saturated carbocycles. The third kappa shape index (κ3) is 3.27. The zero-order valence-corrected chi connectivity index (χ0v) is 15.0. The van der Waals surface area contributed by atoms with Crippen molar-refractivity contribution in [2.45, 2.75) is 25.1 Å². The summed E-state index contributed by atoms with van der Waals surface area (Å²) in [5, 5.41) is 7.95. The number of anilines is 2. The van der Waals surface area contributed by atoms with E-state index in [1.807, 2.05) is 0 Å². The molecule has 0 radical (unpaired) electrons. The van der Waals surface area contributed by atoms with Crippen LogP contribution in [0.5, 0.6) is 0 Å². The molecule has 4 rings (SSSR count). The van der Waals surface area contributed by atoms with Crippen LogP contribution in [0.25, 0.3) is 0 Å². The van der Waals surface area contributed by atoms with Crippen LogP contribution in [0, 0.1) is 11.6 Å². The predicted octanol–water partition coefficient (Wildman–Crippen LogP) is 0.296. The number of cyclic esters (lactones) is 1. The Morgan fingerprint density at radius 2 is 1.79 bits per heavy atom. The molecule has 3 saturated heterocycles. The van der Waals surface area contributed by atoms with Gasteiger partial charge in [0.1, 0.15) is 11.8 Å². The van der Waals surface area contributed by atoms with Gasteiger partial charge in [0.25, 0.3) is 0 Å². The first-order valence-corrected chi connectivity index (χ1v) is 8.85. The van der Waals surface area contributed by atoms with Crippen molar-refractivity contribution in [1.29, 1.82) is 0 Å². The van der Waals surface area contributed by atoms with E-state index in [1.165, 1.54) is 11.8 Å². The van der Waals surface area contributed by atoms with E-state index in [2.05, 4.69) is 16.0 Å². The van der Waals surface area contributed by atoms with Gasteiger partial charge in [-0.2, -0.15) is 0 Å². The highest BCUT2D eigenvalue weighted by molar-refractivity contribution is 5.90. The highest BCUT2D eigenvalue weighted by atomic mass is 19.1. The molecule has 3 atom stereocenters. The van der Waals surface area contributed by atoms with E-state index in [4.69, 9.17) is 4.74 Å². The van der Waals surface area contributed by atoms with Gasteiger partial charge in [-0.05, 0) is 0 Å². The fourth-order valence-electron chi connectivity index (χ4n) is 3.76. The Balaban J connectivity index is 1.50. The van der Waals surface area contributed by atoms with Crippen LogP contribution in [0.2, 0.25) is 0 Å². The summed E-state index contributed by atoms with van der Waals surface area (Å²) in [6, 6.07) is 1.46. The normalized spacial score (nSPS) is 26.0. The molecule has 0 aliphatic carbocycles. The smallest absolute Gasteiger partial charge is 0.414 e. The standard InChI is InChI=1S/C17H19F2N5O4/c1-8(25)20-4-10-5-24(17(27)28-10)9-2-11(18)15(12(19)3-9)23-6-13-14(7-23)22-16(26)21-13/h2-3,10,13-14H,4-7H2,1H3,(H,20,25)(H2,21,22,26)/t10-,13?,14?/m0/s1. The molecular weight excluding hydrogens is 376 g/mol. The van der Waals surface area contributed by atoms with Crippen molar-refractivity contribution in [3.8, 4) is 0 Å². The topological polar surface area (TPSA) is 103 Å². The number of amides is 4. The van der Waals surface area contributed by atoms with Gasteiger partial charge >= 0.3 is 12.1 Å². The Bertz CT molecular complexity index is 812. The lowest BCUT2D eigenvalue weighted by Gasteiger charge is -2.22. The summed E-state index contributed by atoms with van der Waals surface area (Å²) in [7, 11) is 0. The highest BCUT2D eigenvalue weighted by Gasteiger charge is 2.41. The van der Waals surface area contributed by atoms with E-state index < -0.39 is 23.8 Å². The number of hydrogen-bond donors (Lipinski definition) is 3. The van der Waals surface area contributed by atoms with E-state index in [1.54, 1.807) is 0 Å². The zero-order chi connectivity index (χ0) is 20.0. The molecule has 3 N–H and O–H groups in total. The number of nitrogens with one attached hydrogen (secondary N) is 3. The van der Waals surface area contributed by atoms with Crippen molar-refractivity contribution in [3.63, 3.8) is 0 Å². The van der Waals surface area contributed by atoms with Gasteiger partial charge in [-0.3, -0.25) is 9.69 Å². The molecule has 150 valence electrons. The second kappa shape index (κ2) is 6.80. The molecule has 4 amide bonds. The molecule has 3 heterocycles. The van der Waals surface area contributed by atoms with Crippen LogP contribution in [-0.2, 0) is 9.53 Å². The van der Waals surface area contributed by atoms with Gasteiger partial charge in [0.05, 0.1) is 30.9 Å². The van der Waals surface area contributed by atoms with Crippen molar-refractivity contribution in [2.75, 3.05) is 36.0 Å². The van der Waals surface area contributed by atoms with E-state index in [0.29, 0.717) is 0 Å². The largest absolute Gasteiger partial charge is 0.442 e. The first-order chi connectivity index (χ1) is 13.3. The molecule has 1 aromatic carbocycles. The Morgan fingerprint density at radius 1 is 1.18 bits per heavy atom. The van der Waals surface area contributed by atoms with Crippen molar-refractivity contribution in [3.05, 3.63) is 23.8 Å². The number of ether oxygens (including phenoxy) is 1. The summed E-state index contributed by atoms with van der Waals surface area (Å²) in [5.41, 5.74) is -0.156. The average Bonchev–Trinajstić information content (AvgIpc) is 3.25. The molecule has 11 heteroatoms. The molecule has 9 nitrogen and oxygen atoms in total. The van der Waals surface area contributed by atoms with Crippen LogP contribution in [0.15, 0.2) is 12.1 Å². The maximum Gasteiger partial charge on any atom is 0.414 e. The SMILES string of the molecule is CC(=O)NC[C@H]1CN(c2cc(F)c(N3CC4NC(=O)NC4C3)c(F)c2)C(=O)O1. The van der Waals surface area contributed by atoms with Crippen molar-refractivity contribution in [2.24, 2.45) is 0 Å². The minimum absolute atomic E-state index is 0.0416. The van der Waals surface area contributed by atoms with Gasteiger partial charge in [0.15, 0.2) is 11.6 Å². The second-order valence-electron chi connectivity index (χ2n) is 7.05. The van der Waals surface area contributed by atoms with E-state index in [0.717, 1.165) is 17.0 Å². The first-order valence-electron chi connectivity index (χ1n) is 8.85. The van der Waals surface area contributed by atoms with E-state index >= 15 is 0 Å². The van der Waals surface area contributed by atoms with Crippen LogP contribution in [0.4, 0.5) is 29.7 Å². The third-order valence-electron chi connectivity index (χ3n) is 5.04. The number of benzene rings is 1. The van der Waals surface area contributed by atoms with Gasteiger partial charge in [0, 0.05) is 32.1 Å².